The molecule has 0 unspecified atom stereocenters. The fourth-order valence-corrected chi connectivity index (χ4v) is 1.98. The summed E-state index contributed by atoms with van der Waals surface area (Å²) >= 11 is 6.00. The predicted molar refractivity (Wildman–Crippen MR) is 69.4 cm³/mol. The molecule has 19 heavy (non-hydrogen) atoms. The third-order valence-corrected chi connectivity index (χ3v) is 2.74. The van der Waals surface area contributed by atoms with Crippen LogP contribution in [0.4, 0.5) is 5.69 Å². The van der Waals surface area contributed by atoms with Gasteiger partial charge < -0.3 is 4.74 Å². The summed E-state index contributed by atoms with van der Waals surface area (Å²) in [6.45, 7) is 1.89. The van der Waals surface area contributed by atoms with Crippen LogP contribution in [0.15, 0.2) is 24.3 Å². The first kappa shape index (κ1) is 13.2. The van der Waals surface area contributed by atoms with Crippen LogP contribution in [0.25, 0.3) is 10.9 Å². The second kappa shape index (κ2) is 5.19. The molecule has 98 valence electrons. The van der Waals surface area contributed by atoms with Crippen molar-refractivity contribution in [2.45, 2.75) is 6.92 Å². The van der Waals surface area contributed by atoms with E-state index >= 15 is 0 Å². The number of hydrogen-bond donors (Lipinski definition) is 0. The average Bonchev–Trinajstić information content (AvgIpc) is 2.38. The number of pyridine rings is 1. The van der Waals surface area contributed by atoms with Crippen LogP contribution in [0.1, 0.15) is 17.4 Å². The molecule has 0 atom stereocenters. The van der Waals surface area contributed by atoms with Gasteiger partial charge in [-0.2, -0.15) is 0 Å². The number of carbonyl (C=O) groups is 1. The molecule has 0 amide bonds. The van der Waals surface area contributed by atoms with Gasteiger partial charge in [0.25, 0.3) is 5.69 Å². The van der Waals surface area contributed by atoms with E-state index in [0.29, 0.717) is 0 Å². The molecular formula is C12H9ClN2O4. The summed E-state index contributed by atoms with van der Waals surface area (Å²) in [6, 6.07) is 5.64. The Balaban J connectivity index is 2.66. The number of nitro groups is 1. The molecule has 0 aliphatic rings. The zero-order valence-corrected chi connectivity index (χ0v) is 10.7. The third-order valence-electron chi connectivity index (χ3n) is 2.44. The molecule has 1 aromatic heterocycles. The maximum atomic E-state index is 11.6. The Morgan fingerprint density at radius 2 is 2.26 bits per heavy atom. The Morgan fingerprint density at radius 3 is 2.89 bits per heavy atom. The minimum absolute atomic E-state index is 0.0276. The molecule has 0 fully saturated rings. The van der Waals surface area contributed by atoms with Crippen molar-refractivity contribution < 1.29 is 14.5 Å². The average molecular weight is 281 g/mol. The first-order valence-corrected chi connectivity index (χ1v) is 5.83. The van der Waals surface area contributed by atoms with Gasteiger partial charge in [0.15, 0.2) is 5.69 Å². The molecule has 0 N–H and O–H groups in total. The number of nitro benzene ring substituents is 1. The van der Waals surface area contributed by atoms with Crippen LogP contribution >= 0.6 is 11.6 Å². The number of halogens is 1. The number of nitrogens with zero attached hydrogens (tertiary/aromatic N) is 2. The number of fused-ring (bicyclic) bond motifs is 1. The molecule has 0 saturated heterocycles. The van der Waals surface area contributed by atoms with Crippen LogP contribution < -0.4 is 0 Å². The standard InChI is InChI=1S/C12H9ClN2O4/c1-2-19-12(16)9-6-7(13)11-8(14-9)4-3-5-10(11)15(17)18/h3-6H,2H2,1H3. The van der Waals surface area contributed by atoms with E-state index < -0.39 is 10.9 Å². The first-order valence-electron chi connectivity index (χ1n) is 5.45. The van der Waals surface area contributed by atoms with Crippen molar-refractivity contribution >= 4 is 34.2 Å². The van der Waals surface area contributed by atoms with E-state index in [1.165, 1.54) is 18.2 Å². The molecule has 0 radical (unpaired) electrons. The molecule has 2 rings (SSSR count). The summed E-state index contributed by atoms with van der Waals surface area (Å²) in [5.41, 5.74) is 0.162. The molecule has 0 saturated carbocycles. The van der Waals surface area contributed by atoms with Gasteiger partial charge in [-0.1, -0.05) is 17.7 Å². The molecular weight excluding hydrogens is 272 g/mol. The number of rotatable bonds is 3. The van der Waals surface area contributed by atoms with Crippen molar-refractivity contribution in [3.8, 4) is 0 Å². The Hall–Kier alpha value is -2.21. The molecule has 7 heteroatoms. The zero-order valence-electron chi connectivity index (χ0n) is 9.92. The van der Waals surface area contributed by atoms with Crippen molar-refractivity contribution in [1.82, 2.24) is 4.98 Å². The highest BCUT2D eigenvalue weighted by molar-refractivity contribution is 6.36. The fraction of sp³-hybridized carbons (Fsp3) is 0.167. The maximum absolute atomic E-state index is 11.6. The highest BCUT2D eigenvalue weighted by Gasteiger charge is 2.18. The number of esters is 1. The molecule has 6 nitrogen and oxygen atoms in total. The van der Waals surface area contributed by atoms with E-state index in [2.05, 4.69) is 4.98 Å². The SMILES string of the molecule is CCOC(=O)c1cc(Cl)c2c([N+](=O)[O-])cccc2n1. The maximum Gasteiger partial charge on any atom is 0.356 e. The highest BCUT2D eigenvalue weighted by atomic mass is 35.5. The van der Waals surface area contributed by atoms with Gasteiger partial charge in [-0.05, 0) is 19.1 Å². The lowest BCUT2D eigenvalue weighted by Gasteiger charge is -2.05. The van der Waals surface area contributed by atoms with Crippen LogP contribution in [-0.4, -0.2) is 22.5 Å². The van der Waals surface area contributed by atoms with Gasteiger partial charge >= 0.3 is 5.97 Å². The largest absolute Gasteiger partial charge is 0.461 e. The zero-order chi connectivity index (χ0) is 14.0. The highest BCUT2D eigenvalue weighted by Crippen LogP contribution is 2.31. The van der Waals surface area contributed by atoms with E-state index in [-0.39, 0.29) is 33.9 Å². The van der Waals surface area contributed by atoms with Crippen molar-refractivity contribution in [3.05, 3.63) is 45.1 Å². The Kier molecular flexibility index (Phi) is 3.62. The van der Waals surface area contributed by atoms with Gasteiger partial charge in [0.2, 0.25) is 0 Å². The minimum Gasteiger partial charge on any atom is -0.461 e. The van der Waals surface area contributed by atoms with E-state index in [9.17, 15) is 14.9 Å². The van der Waals surface area contributed by atoms with Crippen LogP contribution in [-0.2, 0) is 4.74 Å². The molecule has 0 aliphatic heterocycles. The number of ether oxygens (including phenoxy) is 1. The summed E-state index contributed by atoms with van der Waals surface area (Å²) in [7, 11) is 0. The molecule has 0 spiro atoms. The quantitative estimate of drug-likeness (QED) is 0.490. The van der Waals surface area contributed by atoms with Crippen molar-refractivity contribution in [2.24, 2.45) is 0 Å². The van der Waals surface area contributed by atoms with Gasteiger partial charge in [0.05, 0.1) is 27.5 Å². The van der Waals surface area contributed by atoms with Gasteiger partial charge in [0.1, 0.15) is 0 Å². The first-order chi connectivity index (χ1) is 9.04. The molecule has 2 aromatic rings. The van der Waals surface area contributed by atoms with Gasteiger partial charge in [-0.15, -0.1) is 0 Å². The summed E-state index contributed by atoms with van der Waals surface area (Å²) in [5, 5.41) is 11.2. The lowest BCUT2D eigenvalue weighted by molar-refractivity contribution is -0.383. The molecule has 1 heterocycles. The van der Waals surface area contributed by atoms with Gasteiger partial charge in [-0.3, -0.25) is 10.1 Å². The van der Waals surface area contributed by atoms with Crippen LogP contribution in [0.3, 0.4) is 0 Å². The number of carbonyl (C=O) groups excluding carboxylic acids is 1. The predicted octanol–water partition coefficient (Wildman–Crippen LogP) is 2.97. The fourth-order valence-electron chi connectivity index (χ4n) is 1.68. The number of hydrogen-bond acceptors (Lipinski definition) is 5. The summed E-state index contributed by atoms with van der Waals surface area (Å²) < 4.78 is 4.82. The van der Waals surface area contributed by atoms with Crippen LogP contribution in [0.2, 0.25) is 5.02 Å². The second-order valence-corrected chi connectivity index (χ2v) is 4.05. The summed E-state index contributed by atoms with van der Waals surface area (Å²) in [4.78, 5) is 26.0. The Morgan fingerprint density at radius 1 is 1.53 bits per heavy atom. The molecule has 1 aromatic carbocycles. The summed E-state index contributed by atoms with van der Waals surface area (Å²) in [6.07, 6.45) is 0. The Labute approximate surface area is 113 Å². The van der Waals surface area contributed by atoms with E-state index in [4.69, 9.17) is 16.3 Å². The number of aromatic nitrogens is 1. The van der Waals surface area contributed by atoms with Crippen LogP contribution in [0.5, 0.6) is 0 Å². The van der Waals surface area contributed by atoms with Gasteiger partial charge in [0, 0.05) is 6.07 Å². The Bertz CT molecular complexity index is 672. The van der Waals surface area contributed by atoms with E-state index in [1.54, 1.807) is 13.0 Å². The number of benzene rings is 1. The lowest BCUT2D eigenvalue weighted by Crippen LogP contribution is -2.07. The van der Waals surface area contributed by atoms with Crippen LogP contribution in [0, 0.1) is 10.1 Å². The molecule has 0 aliphatic carbocycles. The van der Waals surface area contributed by atoms with E-state index in [1.807, 2.05) is 0 Å². The number of non-ortho nitro benzene ring substituents is 1. The topological polar surface area (TPSA) is 82.3 Å². The smallest absolute Gasteiger partial charge is 0.356 e. The summed E-state index contributed by atoms with van der Waals surface area (Å²) in [5.74, 6) is -0.613. The molecule has 0 bridgehead atoms. The normalized spacial score (nSPS) is 10.4. The minimum atomic E-state index is -0.613. The van der Waals surface area contributed by atoms with Crippen molar-refractivity contribution in [3.63, 3.8) is 0 Å². The monoisotopic (exact) mass is 280 g/mol. The third kappa shape index (κ3) is 2.48. The lowest BCUT2D eigenvalue weighted by atomic mass is 10.1. The van der Waals surface area contributed by atoms with Crippen molar-refractivity contribution in [1.29, 1.82) is 0 Å². The second-order valence-electron chi connectivity index (χ2n) is 3.64. The van der Waals surface area contributed by atoms with Gasteiger partial charge in [-0.25, -0.2) is 9.78 Å². The van der Waals surface area contributed by atoms with Crippen molar-refractivity contribution in [2.75, 3.05) is 6.61 Å². The van der Waals surface area contributed by atoms with E-state index in [0.717, 1.165) is 0 Å².